The number of rotatable bonds is 5. The monoisotopic (exact) mass is 341 g/mol. The van der Waals surface area contributed by atoms with E-state index in [9.17, 15) is 10.1 Å². The highest BCUT2D eigenvalue weighted by Crippen LogP contribution is 2.36. The van der Waals surface area contributed by atoms with E-state index in [1.54, 1.807) is 12.1 Å². The summed E-state index contributed by atoms with van der Waals surface area (Å²) in [5.74, 6) is 0.465. The fourth-order valence-corrected chi connectivity index (χ4v) is 3.06. The van der Waals surface area contributed by atoms with E-state index in [0.29, 0.717) is 11.1 Å². The predicted molar refractivity (Wildman–Crippen MR) is 91.8 cm³/mol. The minimum Gasteiger partial charge on any atom is -0.411 e. The van der Waals surface area contributed by atoms with E-state index in [1.165, 1.54) is 17.8 Å². The second kappa shape index (κ2) is 6.84. The van der Waals surface area contributed by atoms with Gasteiger partial charge in [0.1, 0.15) is 0 Å². The van der Waals surface area contributed by atoms with Gasteiger partial charge in [0, 0.05) is 22.9 Å². The average Bonchev–Trinajstić information content (AvgIpc) is 3.03. The molecule has 2 aromatic carbocycles. The number of nitro benzene ring substituents is 1. The molecule has 0 radical (unpaired) electrons. The summed E-state index contributed by atoms with van der Waals surface area (Å²) < 4.78 is 5.70. The second-order valence-corrected chi connectivity index (χ2v) is 6.65. The standard InChI is InChI=1S/C17H15N3O3S/c1-11-5-3-7-14(9-11)16-18-19-17(23-16)24-12(2)13-6-4-8-15(10-13)20(21)22/h3-10,12H,1-2H3/t12-/m0/s1. The SMILES string of the molecule is Cc1cccc(-c2nnc(S[C@@H](C)c3cccc([N+](=O)[O-])c3)o2)c1. The quantitative estimate of drug-likeness (QED) is 0.376. The van der Waals surface area contributed by atoms with Crippen molar-refractivity contribution in [2.45, 2.75) is 24.3 Å². The lowest BCUT2D eigenvalue weighted by Crippen LogP contribution is -1.92. The summed E-state index contributed by atoms with van der Waals surface area (Å²) in [6.45, 7) is 3.94. The fraction of sp³-hybridized carbons (Fsp3) is 0.176. The molecule has 0 aliphatic rings. The third-order valence-corrected chi connectivity index (χ3v) is 4.49. The Bertz CT molecular complexity index is 879. The summed E-state index contributed by atoms with van der Waals surface area (Å²) in [5.41, 5.74) is 2.90. The van der Waals surface area contributed by atoms with Crippen molar-refractivity contribution in [1.29, 1.82) is 0 Å². The maximum Gasteiger partial charge on any atom is 0.277 e. The summed E-state index contributed by atoms with van der Waals surface area (Å²) in [4.78, 5) is 10.5. The van der Waals surface area contributed by atoms with Crippen LogP contribution in [0.1, 0.15) is 23.3 Å². The van der Waals surface area contributed by atoms with Crippen LogP contribution in [0.25, 0.3) is 11.5 Å². The Kier molecular flexibility index (Phi) is 4.61. The molecule has 0 spiro atoms. The zero-order chi connectivity index (χ0) is 17.1. The maximum atomic E-state index is 10.9. The summed E-state index contributed by atoms with van der Waals surface area (Å²) in [7, 11) is 0. The third-order valence-electron chi connectivity index (χ3n) is 3.50. The summed E-state index contributed by atoms with van der Waals surface area (Å²) in [6.07, 6.45) is 0. The van der Waals surface area contributed by atoms with Crippen molar-refractivity contribution in [3.8, 4) is 11.5 Å². The molecule has 24 heavy (non-hydrogen) atoms. The average molecular weight is 341 g/mol. The smallest absolute Gasteiger partial charge is 0.277 e. The molecule has 6 nitrogen and oxygen atoms in total. The normalized spacial score (nSPS) is 12.1. The minimum absolute atomic E-state index is 0.0456. The van der Waals surface area contributed by atoms with E-state index >= 15 is 0 Å². The first-order chi connectivity index (χ1) is 11.5. The number of hydrogen-bond acceptors (Lipinski definition) is 6. The molecule has 1 heterocycles. The van der Waals surface area contributed by atoms with Crippen molar-refractivity contribution in [1.82, 2.24) is 10.2 Å². The molecule has 122 valence electrons. The number of hydrogen-bond donors (Lipinski definition) is 0. The number of benzene rings is 2. The van der Waals surface area contributed by atoms with Gasteiger partial charge in [-0.25, -0.2) is 0 Å². The van der Waals surface area contributed by atoms with Crippen LogP contribution in [0.2, 0.25) is 0 Å². The molecule has 0 saturated carbocycles. The zero-order valence-electron chi connectivity index (χ0n) is 13.2. The Balaban J connectivity index is 1.77. The van der Waals surface area contributed by atoms with Crippen molar-refractivity contribution >= 4 is 17.4 Å². The Hall–Kier alpha value is -2.67. The number of nitrogens with zero attached hydrogens (tertiary/aromatic N) is 3. The van der Waals surface area contributed by atoms with Gasteiger partial charge in [-0.05, 0) is 31.5 Å². The molecule has 0 unspecified atom stereocenters. The molecular formula is C17H15N3O3S. The molecule has 0 fully saturated rings. The van der Waals surface area contributed by atoms with Gasteiger partial charge >= 0.3 is 0 Å². The number of nitro groups is 1. The van der Waals surface area contributed by atoms with E-state index in [1.807, 2.05) is 44.2 Å². The minimum atomic E-state index is -0.399. The molecular weight excluding hydrogens is 326 g/mol. The highest BCUT2D eigenvalue weighted by atomic mass is 32.2. The molecule has 0 bridgehead atoms. The van der Waals surface area contributed by atoms with E-state index in [2.05, 4.69) is 10.2 Å². The van der Waals surface area contributed by atoms with Gasteiger partial charge in [-0.2, -0.15) is 0 Å². The van der Waals surface area contributed by atoms with Crippen molar-refractivity contribution in [2.75, 3.05) is 0 Å². The van der Waals surface area contributed by atoms with Crippen LogP contribution >= 0.6 is 11.8 Å². The molecule has 3 aromatic rings. The van der Waals surface area contributed by atoms with E-state index in [0.717, 1.165) is 16.7 Å². The first-order valence-electron chi connectivity index (χ1n) is 7.34. The predicted octanol–water partition coefficient (Wildman–Crippen LogP) is 4.81. The van der Waals surface area contributed by atoms with Crippen LogP contribution in [-0.2, 0) is 0 Å². The van der Waals surface area contributed by atoms with Gasteiger partial charge in [-0.3, -0.25) is 10.1 Å². The van der Waals surface area contributed by atoms with Crippen LogP contribution in [0.4, 0.5) is 5.69 Å². The van der Waals surface area contributed by atoms with Crippen molar-refractivity contribution in [3.05, 3.63) is 69.8 Å². The number of non-ortho nitro benzene ring substituents is 1. The largest absolute Gasteiger partial charge is 0.411 e. The topological polar surface area (TPSA) is 82.1 Å². The number of aromatic nitrogens is 2. The van der Waals surface area contributed by atoms with Crippen LogP contribution in [0.15, 0.2) is 58.2 Å². The van der Waals surface area contributed by atoms with E-state index in [4.69, 9.17) is 4.42 Å². The van der Waals surface area contributed by atoms with Gasteiger partial charge in [-0.15, -0.1) is 10.2 Å². The van der Waals surface area contributed by atoms with Crippen LogP contribution in [-0.4, -0.2) is 15.1 Å². The van der Waals surface area contributed by atoms with Crippen molar-refractivity contribution < 1.29 is 9.34 Å². The first-order valence-corrected chi connectivity index (χ1v) is 8.22. The maximum absolute atomic E-state index is 10.9. The summed E-state index contributed by atoms with van der Waals surface area (Å²) in [6, 6.07) is 14.4. The second-order valence-electron chi connectivity index (χ2n) is 5.35. The molecule has 7 heteroatoms. The molecule has 0 aliphatic carbocycles. The van der Waals surface area contributed by atoms with Gasteiger partial charge in [-0.1, -0.05) is 41.6 Å². The van der Waals surface area contributed by atoms with Crippen LogP contribution in [0.5, 0.6) is 0 Å². The summed E-state index contributed by atoms with van der Waals surface area (Å²) in [5, 5.41) is 19.4. The van der Waals surface area contributed by atoms with Crippen LogP contribution in [0, 0.1) is 17.0 Å². The van der Waals surface area contributed by atoms with Gasteiger partial charge in [0.05, 0.1) is 4.92 Å². The Morgan fingerprint density at radius 1 is 1.17 bits per heavy atom. The lowest BCUT2D eigenvalue weighted by atomic mass is 10.1. The first kappa shape index (κ1) is 16.2. The number of thioether (sulfide) groups is 1. The highest BCUT2D eigenvalue weighted by Gasteiger charge is 2.16. The Morgan fingerprint density at radius 3 is 2.71 bits per heavy atom. The van der Waals surface area contributed by atoms with E-state index in [-0.39, 0.29) is 10.9 Å². The molecule has 1 aromatic heterocycles. The van der Waals surface area contributed by atoms with E-state index < -0.39 is 4.92 Å². The Morgan fingerprint density at radius 2 is 1.96 bits per heavy atom. The summed E-state index contributed by atoms with van der Waals surface area (Å²) >= 11 is 1.37. The highest BCUT2D eigenvalue weighted by molar-refractivity contribution is 7.99. The molecule has 0 saturated heterocycles. The zero-order valence-corrected chi connectivity index (χ0v) is 14.0. The van der Waals surface area contributed by atoms with Gasteiger partial charge in [0.2, 0.25) is 5.89 Å². The van der Waals surface area contributed by atoms with Gasteiger partial charge < -0.3 is 4.42 Å². The van der Waals surface area contributed by atoms with Crippen molar-refractivity contribution in [3.63, 3.8) is 0 Å². The molecule has 0 N–H and O–H groups in total. The fourth-order valence-electron chi connectivity index (χ4n) is 2.26. The molecule has 1 atom stereocenters. The Labute approximate surface area is 143 Å². The third kappa shape index (κ3) is 3.62. The lowest BCUT2D eigenvalue weighted by Gasteiger charge is -2.08. The molecule has 0 aliphatic heterocycles. The van der Waals surface area contributed by atoms with Gasteiger partial charge in [0.15, 0.2) is 0 Å². The lowest BCUT2D eigenvalue weighted by molar-refractivity contribution is -0.384. The molecule has 3 rings (SSSR count). The number of aryl methyl sites for hydroxylation is 1. The van der Waals surface area contributed by atoms with Crippen LogP contribution < -0.4 is 0 Å². The molecule has 0 amide bonds. The van der Waals surface area contributed by atoms with Crippen molar-refractivity contribution in [2.24, 2.45) is 0 Å². The van der Waals surface area contributed by atoms with Crippen LogP contribution in [0.3, 0.4) is 0 Å². The van der Waals surface area contributed by atoms with Gasteiger partial charge in [0.25, 0.3) is 10.9 Å².